The lowest BCUT2D eigenvalue weighted by molar-refractivity contribution is -0.192. The molecule has 1 aromatic carbocycles. The number of amidine groups is 1. The predicted octanol–water partition coefficient (Wildman–Crippen LogP) is 3.08. The second-order valence-electron chi connectivity index (χ2n) is 4.87. The van der Waals surface area contributed by atoms with Crippen molar-refractivity contribution in [3.8, 4) is 5.75 Å². The van der Waals surface area contributed by atoms with Crippen molar-refractivity contribution in [3.05, 3.63) is 28.3 Å². The van der Waals surface area contributed by atoms with Crippen molar-refractivity contribution < 1.29 is 9.78 Å². The Balaban J connectivity index is 2.07. The fraction of sp³-hybridized carbons (Fsp3) is 0.500. The molecule has 2 rings (SSSR count). The largest absolute Gasteiger partial charge is 0.370 e. The predicted molar refractivity (Wildman–Crippen MR) is 77.2 cm³/mol. The first-order valence-electron chi connectivity index (χ1n) is 6.45. The van der Waals surface area contributed by atoms with Crippen molar-refractivity contribution in [2.24, 2.45) is 4.99 Å². The Morgan fingerprint density at radius 3 is 2.84 bits per heavy atom. The number of nitrogens with one attached hydrogen (secondary N) is 1. The van der Waals surface area contributed by atoms with E-state index < -0.39 is 0 Å². The molecule has 104 valence electrons. The van der Waals surface area contributed by atoms with Crippen molar-refractivity contribution in [1.29, 1.82) is 0 Å². The molecular weight excluding hydrogens is 264 g/mol. The smallest absolute Gasteiger partial charge is 0.187 e. The van der Waals surface area contributed by atoms with Crippen molar-refractivity contribution in [2.75, 3.05) is 19.7 Å². The normalized spacial score (nSPS) is 14.5. The fourth-order valence-corrected chi connectivity index (χ4v) is 2.10. The Morgan fingerprint density at radius 1 is 1.42 bits per heavy atom. The van der Waals surface area contributed by atoms with E-state index in [1.807, 2.05) is 19.1 Å². The van der Waals surface area contributed by atoms with Gasteiger partial charge in [-0.2, -0.15) is 4.89 Å². The molecule has 1 aromatic rings. The van der Waals surface area contributed by atoms with E-state index in [-0.39, 0.29) is 0 Å². The zero-order valence-electron chi connectivity index (χ0n) is 11.5. The Morgan fingerprint density at radius 2 is 2.21 bits per heavy atom. The monoisotopic (exact) mass is 282 g/mol. The highest BCUT2D eigenvalue weighted by Gasteiger charge is 2.15. The third kappa shape index (κ3) is 3.39. The second kappa shape index (κ2) is 6.26. The van der Waals surface area contributed by atoms with Gasteiger partial charge in [-0.25, -0.2) is 0 Å². The van der Waals surface area contributed by atoms with Gasteiger partial charge in [0.2, 0.25) is 0 Å². The van der Waals surface area contributed by atoms with E-state index in [1.54, 1.807) is 0 Å². The Hall–Kier alpha value is -1.26. The number of rotatable bonds is 5. The van der Waals surface area contributed by atoms with E-state index in [2.05, 4.69) is 24.2 Å². The molecule has 0 saturated heterocycles. The molecule has 0 fully saturated rings. The molecule has 1 aliphatic rings. The first-order chi connectivity index (χ1) is 9.09. The van der Waals surface area contributed by atoms with Crippen LogP contribution in [0.3, 0.4) is 0 Å². The standard InChI is InChI=1S/C14H19ClN2O2/c1-9(2)11-5-4-10(3)13(15)14(11)19-18-8-12-16-6-7-17-12/h4-5,9H,6-8H2,1-3H3,(H,16,17). The van der Waals surface area contributed by atoms with Crippen LogP contribution in [0, 0.1) is 6.92 Å². The number of hydrogen-bond acceptors (Lipinski definition) is 4. The lowest BCUT2D eigenvalue weighted by Crippen LogP contribution is -2.24. The summed E-state index contributed by atoms with van der Waals surface area (Å²) in [6, 6.07) is 4.02. The molecule has 0 bridgehead atoms. The van der Waals surface area contributed by atoms with Crippen LogP contribution in [0.1, 0.15) is 30.9 Å². The summed E-state index contributed by atoms with van der Waals surface area (Å²) in [4.78, 5) is 14.9. The minimum atomic E-state index is 0.307. The SMILES string of the molecule is Cc1ccc(C(C)C)c(OOCC2=NCCN2)c1Cl. The number of halogens is 1. The third-order valence-corrected chi connectivity index (χ3v) is 3.49. The third-order valence-electron chi connectivity index (χ3n) is 3.02. The maximum Gasteiger partial charge on any atom is 0.187 e. The number of hydrogen-bond donors (Lipinski definition) is 1. The minimum absolute atomic E-state index is 0.307. The first kappa shape index (κ1) is 14.2. The lowest BCUT2D eigenvalue weighted by atomic mass is 10.0. The van der Waals surface area contributed by atoms with E-state index in [4.69, 9.17) is 21.4 Å². The zero-order chi connectivity index (χ0) is 13.8. The summed E-state index contributed by atoms with van der Waals surface area (Å²) in [5, 5.41) is 3.72. The van der Waals surface area contributed by atoms with Gasteiger partial charge in [0.05, 0.1) is 11.6 Å². The molecule has 0 unspecified atom stereocenters. The molecule has 0 saturated carbocycles. The van der Waals surface area contributed by atoms with Crippen LogP contribution < -0.4 is 10.2 Å². The van der Waals surface area contributed by atoms with Crippen LogP contribution in [0.25, 0.3) is 0 Å². The molecule has 5 heteroatoms. The van der Waals surface area contributed by atoms with Crippen LogP contribution in [-0.2, 0) is 4.89 Å². The van der Waals surface area contributed by atoms with E-state index in [0.717, 1.165) is 30.1 Å². The topological polar surface area (TPSA) is 42.9 Å². The van der Waals surface area contributed by atoms with Crippen LogP contribution in [0.2, 0.25) is 5.02 Å². The van der Waals surface area contributed by atoms with Gasteiger partial charge in [-0.3, -0.25) is 4.99 Å². The number of nitrogens with zero attached hydrogens (tertiary/aromatic N) is 1. The Bertz CT molecular complexity index is 487. The molecule has 0 aromatic heterocycles. The van der Waals surface area contributed by atoms with Crippen LogP contribution in [0.5, 0.6) is 5.75 Å². The van der Waals surface area contributed by atoms with Crippen LogP contribution >= 0.6 is 11.6 Å². The van der Waals surface area contributed by atoms with E-state index in [9.17, 15) is 0 Å². The van der Waals surface area contributed by atoms with Crippen LogP contribution in [-0.4, -0.2) is 25.5 Å². The van der Waals surface area contributed by atoms with Gasteiger partial charge in [0, 0.05) is 12.1 Å². The van der Waals surface area contributed by atoms with Crippen molar-refractivity contribution in [2.45, 2.75) is 26.7 Å². The fourth-order valence-electron chi connectivity index (χ4n) is 1.90. The summed E-state index contributed by atoms with van der Waals surface area (Å²) in [6.07, 6.45) is 0. The summed E-state index contributed by atoms with van der Waals surface area (Å²) in [5.41, 5.74) is 2.01. The van der Waals surface area contributed by atoms with Gasteiger partial charge >= 0.3 is 0 Å². The van der Waals surface area contributed by atoms with Gasteiger partial charge in [0.15, 0.2) is 12.4 Å². The van der Waals surface area contributed by atoms with E-state index in [0.29, 0.717) is 23.3 Å². The van der Waals surface area contributed by atoms with Crippen molar-refractivity contribution in [3.63, 3.8) is 0 Å². The van der Waals surface area contributed by atoms with Crippen molar-refractivity contribution in [1.82, 2.24) is 5.32 Å². The first-order valence-corrected chi connectivity index (χ1v) is 6.83. The molecule has 0 amide bonds. The van der Waals surface area contributed by atoms with Gasteiger partial charge in [0.25, 0.3) is 0 Å². The molecule has 0 aliphatic carbocycles. The summed E-state index contributed by atoms with van der Waals surface area (Å²) in [5.74, 6) is 1.74. The summed E-state index contributed by atoms with van der Waals surface area (Å²) in [7, 11) is 0. The minimum Gasteiger partial charge on any atom is -0.370 e. The maximum absolute atomic E-state index is 6.29. The van der Waals surface area contributed by atoms with Gasteiger partial charge < -0.3 is 10.2 Å². The summed E-state index contributed by atoms with van der Waals surface area (Å²) in [6.45, 7) is 8.10. The molecule has 0 spiro atoms. The average Bonchev–Trinajstić information content (AvgIpc) is 2.87. The molecule has 4 nitrogen and oxygen atoms in total. The molecule has 1 heterocycles. The van der Waals surface area contributed by atoms with Gasteiger partial charge in [-0.05, 0) is 18.4 Å². The van der Waals surface area contributed by atoms with Crippen molar-refractivity contribution >= 4 is 17.4 Å². The van der Waals surface area contributed by atoms with Crippen LogP contribution in [0.15, 0.2) is 17.1 Å². The number of aliphatic imine (C=N–C) groups is 1. The Labute approximate surface area is 118 Å². The molecule has 1 N–H and O–H groups in total. The quantitative estimate of drug-likeness (QED) is 0.667. The maximum atomic E-state index is 6.29. The van der Waals surface area contributed by atoms with Gasteiger partial charge in [-0.15, -0.1) is 0 Å². The van der Waals surface area contributed by atoms with E-state index >= 15 is 0 Å². The summed E-state index contributed by atoms with van der Waals surface area (Å²) >= 11 is 6.29. The zero-order valence-corrected chi connectivity index (χ0v) is 12.3. The molecule has 1 aliphatic heterocycles. The average molecular weight is 283 g/mol. The highest BCUT2D eigenvalue weighted by atomic mass is 35.5. The Kier molecular flexibility index (Phi) is 4.66. The van der Waals surface area contributed by atoms with Crippen LogP contribution in [0.4, 0.5) is 0 Å². The molecule has 0 atom stereocenters. The highest BCUT2D eigenvalue weighted by Crippen LogP contribution is 2.36. The summed E-state index contributed by atoms with van der Waals surface area (Å²) < 4.78 is 0. The molecular formula is C14H19ClN2O2. The number of benzene rings is 1. The highest BCUT2D eigenvalue weighted by molar-refractivity contribution is 6.32. The lowest BCUT2D eigenvalue weighted by Gasteiger charge is -2.15. The second-order valence-corrected chi connectivity index (χ2v) is 5.25. The molecule has 19 heavy (non-hydrogen) atoms. The number of aryl methyl sites for hydroxylation is 1. The molecule has 0 radical (unpaired) electrons. The van der Waals surface area contributed by atoms with Gasteiger partial charge in [-0.1, -0.05) is 37.6 Å². The van der Waals surface area contributed by atoms with Gasteiger partial charge in [0.1, 0.15) is 5.84 Å². The van der Waals surface area contributed by atoms with E-state index in [1.165, 1.54) is 0 Å².